The lowest BCUT2D eigenvalue weighted by Gasteiger charge is -2.34. The number of piperazine rings is 1. The van der Waals surface area contributed by atoms with Gasteiger partial charge in [0.15, 0.2) is 0 Å². The first kappa shape index (κ1) is 24.1. The van der Waals surface area contributed by atoms with Crippen LogP contribution in [0.25, 0.3) is 0 Å². The summed E-state index contributed by atoms with van der Waals surface area (Å²) in [5, 5.41) is 5.61. The molecule has 4 N–H and O–H groups in total. The predicted molar refractivity (Wildman–Crippen MR) is 118 cm³/mol. The summed E-state index contributed by atoms with van der Waals surface area (Å²) in [5.41, 5.74) is -0.321. The monoisotopic (exact) mass is 487 g/mol. The minimum atomic E-state index is -4.72. The maximum Gasteiger partial charge on any atom is 0.296 e. The molecule has 0 amide bonds. The van der Waals surface area contributed by atoms with Crippen LogP contribution in [0.5, 0.6) is 0 Å². The molecule has 15 heteroatoms. The van der Waals surface area contributed by atoms with Crippen LogP contribution < -0.4 is 15.5 Å². The molecule has 2 heterocycles. The smallest absolute Gasteiger partial charge is 0.296 e. The van der Waals surface area contributed by atoms with E-state index in [2.05, 4.69) is 37.4 Å². The van der Waals surface area contributed by atoms with Gasteiger partial charge in [-0.1, -0.05) is 6.92 Å². The molecule has 1 aliphatic rings. The normalized spacial score (nSPS) is 15.6. The minimum Gasteiger partial charge on any atom is -0.354 e. The van der Waals surface area contributed by atoms with Crippen LogP contribution in [-0.4, -0.2) is 85.1 Å². The van der Waals surface area contributed by atoms with E-state index in [9.17, 15) is 25.9 Å². The third kappa shape index (κ3) is 5.80. The average Bonchev–Trinajstić information content (AvgIpc) is 2.72. The number of hydrogen-bond acceptors (Lipinski definition) is 11. The molecule has 1 aromatic carbocycles. The molecule has 3 rings (SSSR count). The number of likely N-dealkylation sites (N-methyl/N-ethyl adjacent to an activating group) is 1. The van der Waals surface area contributed by atoms with E-state index in [0.29, 0.717) is 25.6 Å². The van der Waals surface area contributed by atoms with Gasteiger partial charge in [-0.2, -0.15) is 31.8 Å². The molecule has 0 spiro atoms. The van der Waals surface area contributed by atoms with E-state index in [1.54, 1.807) is 0 Å². The maximum absolute atomic E-state index is 11.8. The number of nitrogens with zero attached hydrogens (tertiary/aromatic N) is 5. The van der Waals surface area contributed by atoms with Gasteiger partial charge in [0, 0.05) is 32.7 Å². The van der Waals surface area contributed by atoms with Crippen LogP contribution in [0.1, 0.15) is 13.8 Å². The average molecular weight is 488 g/mol. The first-order chi connectivity index (χ1) is 15.0. The molecule has 1 aliphatic heterocycles. The van der Waals surface area contributed by atoms with Gasteiger partial charge in [-0.15, -0.1) is 0 Å². The summed E-state index contributed by atoms with van der Waals surface area (Å²) in [6.07, 6.45) is 0. The van der Waals surface area contributed by atoms with Gasteiger partial charge in [0.25, 0.3) is 20.2 Å². The standard InChI is InChI=1S/C17H25N7O6S2/c1-3-18-15-20-16(22-17(21-15)24-9-7-23(4-2)8-10-24)19-13-11-12(31(25,26)27)5-6-14(13)32(28,29)30/h5-6,11H,3-4,7-10H2,1-2H3,(H,25,26,27)(H,28,29,30)(H2,18,19,20,21,22). The van der Waals surface area contributed by atoms with Crippen LogP contribution in [-0.2, 0) is 20.2 Å². The molecule has 1 fully saturated rings. The van der Waals surface area contributed by atoms with Crippen molar-refractivity contribution in [2.24, 2.45) is 0 Å². The number of aromatic nitrogens is 3. The molecule has 2 aromatic rings. The fourth-order valence-corrected chi connectivity index (χ4v) is 4.31. The van der Waals surface area contributed by atoms with E-state index in [4.69, 9.17) is 0 Å². The largest absolute Gasteiger partial charge is 0.354 e. The van der Waals surface area contributed by atoms with Crippen LogP contribution in [0.2, 0.25) is 0 Å². The maximum atomic E-state index is 11.8. The van der Waals surface area contributed by atoms with Crippen LogP contribution >= 0.6 is 0 Å². The van der Waals surface area contributed by atoms with Crippen molar-refractivity contribution >= 4 is 43.8 Å². The summed E-state index contributed by atoms with van der Waals surface area (Å²) in [5.74, 6) is 0.520. The van der Waals surface area contributed by atoms with Gasteiger partial charge in [0.05, 0.1) is 10.6 Å². The quantitative estimate of drug-likeness (QED) is 0.382. The summed E-state index contributed by atoms with van der Waals surface area (Å²) in [6, 6.07) is 2.59. The van der Waals surface area contributed by atoms with Crippen molar-refractivity contribution in [1.82, 2.24) is 19.9 Å². The van der Waals surface area contributed by atoms with Gasteiger partial charge in [0.2, 0.25) is 17.8 Å². The van der Waals surface area contributed by atoms with E-state index in [-0.39, 0.29) is 17.6 Å². The second-order valence-corrected chi connectivity index (χ2v) is 9.78. The lowest BCUT2D eigenvalue weighted by molar-refractivity contribution is 0.270. The zero-order valence-electron chi connectivity index (χ0n) is 17.6. The Hall–Kier alpha value is -2.59. The SMILES string of the molecule is CCNc1nc(Nc2cc(S(=O)(=O)O)ccc2S(=O)(=O)O)nc(N2CCN(CC)CC2)n1. The zero-order chi connectivity index (χ0) is 23.5. The molecule has 0 radical (unpaired) electrons. The van der Waals surface area contributed by atoms with E-state index >= 15 is 0 Å². The van der Waals surface area contributed by atoms with Crippen molar-refractivity contribution in [3.8, 4) is 0 Å². The third-order valence-corrected chi connectivity index (χ3v) is 6.60. The minimum absolute atomic E-state index is 0.0683. The number of hydrogen-bond donors (Lipinski definition) is 4. The fourth-order valence-electron chi connectivity index (χ4n) is 3.18. The van der Waals surface area contributed by atoms with E-state index < -0.39 is 30.0 Å². The molecule has 0 aliphatic carbocycles. The zero-order valence-corrected chi connectivity index (χ0v) is 19.2. The van der Waals surface area contributed by atoms with Crippen LogP contribution in [0.15, 0.2) is 28.0 Å². The Morgan fingerprint density at radius 1 is 0.938 bits per heavy atom. The fraction of sp³-hybridized carbons (Fsp3) is 0.471. The Balaban J connectivity index is 2.02. The molecule has 0 atom stereocenters. The number of anilines is 4. The van der Waals surface area contributed by atoms with Crippen molar-refractivity contribution in [3.63, 3.8) is 0 Å². The molecule has 1 aromatic heterocycles. The van der Waals surface area contributed by atoms with Gasteiger partial charge in [-0.25, -0.2) is 0 Å². The Morgan fingerprint density at radius 3 is 2.16 bits per heavy atom. The van der Waals surface area contributed by atoms with Gasteiger partial charge >= 0.3 is 0 Å². The highest BCUT2D eigenvalue weighted by atomic mass is 32.2. The van der Waals surface area contributed by atoms with Crippen LogP contribution in [0.4, 0.5) is 23.5 Å². The van der Waals surface area contributed by atoms with Crippen molar-refractivity contribution in [3.05, 3.63) is 18.2 Å². The Kier molecular flexibility index (Phi) is 7.14. The second kappa shape index (κ2) is 9.50. The lowest BCUT2D eigenvalue weighted by Crippen LogP contribution is -2.46. The Bertz CT molecular complexity index is 1180. The molecule has 0 unspecified atom stereocenters. The van der Waals surface area contributed by atoms with Gasteiger partial charge < -0.3 is 20.4 Å². The van der Waals surface area contributed by atoms with E-state index in [0.717, 1.165) is 37.8 Å². The van der Waals surface area contributed by atoms with Gasteiger partial charge in [0.1, 0.15) is 4.90 Å². The summed E-state index contributed by atoms with van der Waals surface area (Å²) in [7, 11) is -9.34. The summed E-state index contributed by atoms with van der Waals surface area (Å²) >= 11 is 0. The summed E-state index contributed by atoms with van der Waals surface area (Å²) in [4.78, 5) is 16.0. The molecule has 176 valence electrons. The third-order valence-electron chi connectivity index (χ3n) is 4.83. The first-order valence-electron chi connectivity index (χ1n) is 9.84. The topological polar surface area (TPSA) is 178 Å². The molecule has 32 heavy (non-hydrogen) atoms. The van der Waals surface area contributed by atoms with Crippen molar-refractivity contribution in [1.29, 1.82) is 0 Å². The highest BCUT2D eigenvalue weighted by Crippen LogP contribution is 2.28. The lowest BCUT2D eigenvalue weighted by atomic mass is 10.3. The first-order valence-corrected chi connectivity index (χ1v) is 12.7. The van der Waals surface area contributed by atoms with Gasteiger partial charge in [-0.05, 0) is 31.7 Å². The number of nitrogens with one attached hydrogen (secondary N) is 2. The highest BCUT2D eigenvalue weighted by Gasteiger charge is 2.23. The molecule has 13 nitrogen and oxygen atoms in total. The molecular weight excluding hydrogens is 462 g/mol. The number of rotatable bonds is 8. The molecule has 1 saturated heterocycles. The molecule has 0 bridgehead atoms. The van der Waals surface area contributed by atoms with E-state index in [1.807, 2.05) is 11.8 Å². The van der Waals surface area contributed by atoms with Crippen LogP contribution in [0.3, 0.4) is 0 Å². The van der Waals surface area contributed by atoms with Crippen molar-refractivity contribution < 1.29 is 25.9 Å². The van der Waals surface area contributed by atoms with Gasteiger partial charge in [-0.3, -0.25) is 9.11 Å². The second-order valence-electron chi connectivity index (χ2n) is 6.97. The highest BCUT2D eigenvalue weighted by molar-refractivity contribution is 7.86. The van der Waals surface area contributed by atoms with Crippen LogP contribution in [0, 0.1) is 0 Å². The summed E-state index contributed by atoms with van der Waals surface area (Å²) < 4.78 is 65.4. The van der Waals surface area contributed by atoms with Crippen molar-refractivity contribution in [2.75, 3.05) is 54.8 Å². The molecule has 0 saturated carbocycles. The van der Waals surface area contributed by atoms with Crippen molar-refractivity contribution in [2.45, 2.75) is 23.6 Å². The summed E-state index contributed by atoms with van der Waals surface area (Å²) in [6.45, 7) is 8.38. The van der Waals surface area contributed by atoms with E-state index in [1.165, 1.54) is 0 Å². The number of benzene rings is 1. The molecular formula is C17H25N7O6S2. The Morgan fingerprint density at radius 2 is 1.59 bits per heavy atom. The predicted octanol–water partition coefficient (Wildman–Crippen LogP) is 0.682. The Labute approximate surface area is 186 Å².